The molecule has 2 aromatic carbocycles. The van der Waals surface area contributed by atoms with E-state index in [2.05, 4.69) is 46.9 Å². The summed E-state index contributed by atoms with van der Waals surface area (Å²) in [7, 11) is 1.66. The van der Waals surface area contributed by atoms with Crippen LogP contribution in [-0.4, -0.2) is 42.8 Å². The quantitative estimate of drug-likeness (QED) is 0.743. The van der Waals surface area contributed by atoms with Crippen molar-refractivity contribution in [2.75, 3.05) is 26.7 Å². The molecule has 2 fully saturated rings. The maximum atomic E-state index is 10.3. The Morgan fingerprint density at radius 3 is 2.89 bits per heavy atom. The number of methoxy groups -OCH3 is 1. The van der Waals surface area contributed by atoms with Crippen LogP contribution in [0.4, 0.5) is 0 Å². The topological polar surface area (TPSA) is 56.8 Å². The van der Waals surface area contributed by atoms with Crippen LogP contribution in [0.15, 0.2) is 42.5 Å². The number of phenolic OH excluding ortho intramolecular Hbond substituents is 1. The third kappa shape index (κ3) is 4.02. The Kier molecular flexibility index (Phi) is 5.85. The van der Waals surface area contributed by atoms with Crippen molar-refractivity contribution in [2.45, 2.75) is 38.3 Å². The molecule has 2 heterocycles. The largest absolute Gasteiger partial charge is 0.507 e. The molecule has 150 valence electrons. The molecule has 0 aliphatic carbocycles. The Bertz CT molecular complexity index is 810. The Labute approximate surface area is 167 Å². The second-order valence-corrected chi connectivity index (χ2v) is 8.17. The minimum Gasteiger partial charge on any atom is -0.507 e. The standard InChI is InChI=1S/C23H31N3O2/c1-16-6-3-7-17(12-16)19-13-24-25-23(19)18-8-5-11-26(14-18)15-20-21(27)9-4-10-22(20)28-2/h3-4,6-7,9-10,12,18-19,23-25,27H,5,8,11,13-15H2,1-2H3. The highest BCUT2D eigenvalue weighted by molar-refractivity contribution is 5.43. The molecule has 2 aromatic rings. The van der Waals surface area contributed by atoms with E-state index in [1.54, 1.807) is 13.2 Å². The van der Waals surface area contributed by atoms with Crippen LogP contribution >= 0.6 is 0 Å². The van der Waals surface area contributed by atoms with Crippen LogP contribution in [-0.2, 0) is 6.54 Å². The second-order valence-electron chi connectivity index (χ2n) is 8.17. The highest BCUT2D eigenvalue weighted by Crippen LogP contribution is 2.34. The van der Waals surface area contributed by atoms with Gasteiger partial charge in [-0.2, -0.15) is 0 Å². The number of benzene rings is 2. The van der Waals surface area contributed by atoms with Gasteiger partial charge in [0.15, 0.2) is 0 Å². The lowest BCUT2D eigenvalue weighted by Gasteiger charge is -2.37. The van der Waals surface area contributed by atoms with E-state index in [1.807, 2.05) is 12.1 Å². The molecule has 28 heavy (non-hydrogen) atoms. The number of hydrogen-bond acceptors (Lipinski definition) is 5. The Balaban J connectivity index is 1.48. The number of nitrogens with zero attached hydrogens (tertiary/aromatic N) is 1. The fraction of sp³-hybridized carbons (Fsp3) is 0.478. The molecule has 0 bridgehead atoms. The van der Waals surface area contributed by atoms with Crippen molar-refractivity contribution in [1.29, 1.82) is 0 Å². The number of nitrogens with one attached hydrogen (secondary N) is 2. The highest BCUT2D eigenvalue weighted by Gasteiger charge is 2.36. The Morgan fingerprint density at radius 1 is 1.21 bits per heavy atom. The average molecular weight is 382 g/mol. The molecule has 4 rings (SSSR count). The number of hydrazine groups is 1. The molecule has 0 amide bonds. The third-order valence-electron chi connectivity index (χ3n) is 6.25. The van der Waals surface area contributed by atoms with Crippen molar-refractivity contribution in [3.05, 3.63) is 59.2 Å². The van der Waals surface area contributed by atoms with Crippen LogP contribution < -0.4 is 15.6 Å². The fourth-order valence-corrected chi connectivity index (χ4v) is 4.84. The molecule has 0 radical (unpaired) electrons. The summed E-state index contributed by atoms with van der Waals surface area (Å²) in [5, 5.41) is 10.3. The van der Waals surface area contributed by atoms with Crippen LogP contribution in [0.5, 0.6) is 11.5 Å². The number of phenols is 1. The number of ether oxygens (including phenoxy) is 1. The number of rotatable bonds is 5. The first-order valence-corrected chi connectivity index (χ1v) is 10.3. The zero-order chi connectivity index (χ0) is 19.5. The zero-order valence-electron chi connectivity index (χ0n) is 16.8. The van der Waals surface area contributed by atoms with Crippen LogP contribution in [0, 0.1) is 12.8 Å². The van der Waals surface area contributed by atoms with Crippen LogP contribution in [0.1, 0.15) is 35.4 Å². The minimum atomic E-state index is 0.319. The van der Waals surface area contributed by atoms with Gasteiger partial charge in [-0.05, 0) is 49.9 Å². The summed E-state index contributed by atoms with van der Waals surface area (Å²) in [6, 6.07) is 14.8. The highest BCUT2D eigenvalue weighted by atomic mass is 16.5. The SMILES string of the molecule is COc1cccc(O)c1CN1CCCC(C2NNCC2c2cccc(C)c2)C1. The van der Waals surface area contributed by atoms with E-state index in [9.17, 15) is 5.11 Å². The maximum Gasteiger partial charge on any atom is 0.127 e. The maximum absolute atomic E-state index is 10.3. The van der Waals surface area contributed by atoms with Gasteiger partial charge in [-0.25, -0.2) is 0 Å². The monoisotopic (exact) mass is 381 g/mol. The molecule has 0 spiro atoms. The molecule has 5 heteroatoms. The first-order valence-electron chi connectivity index (χ1n) is 10.3. The smallest absolute Gasteiger partial charge is 0.127 e. The first-order chi connectivity index (χ1) is 13.7. The van der Waals surface area contributed by atoms with Gasteiger partial charge in [0.1, 0.15) is 11.5 Å². The van der Waals surface area contributed by atoms with Crippen molar-refractivity contribution in [2.24, 2.45) is 5.92 Å². The van der Waals surface area contributed by atoms with E-state index in [4.69, 9.17) is 4.74 Å². The van der Waals surface area contributed by atoms with E-state index >= 15 is 0 Å². The molecule has 3 N–H and O–H groups in total. The second kappa shape index (κ2) is 8.52. The molecule has 3 atom stereocenters. The van der Waals surface area contributed by atoms with Gasteiger partial charge in [0, 0.05) is 37.2 Å². The lowest BCUT2D eigenvalue weighted by Crippen LogP contribution is -2.46. The van der Waals surface area contributed by atoms with E-state index in [0.29, 0.717) is 23.6 Å². The van der Waals surface area contributed by atoms with Gasteiger partial charge in [-0.1, -0.05) is 35.9 Å². The van der Waals surface area contributed by atoms with Gasteiger partial charge in [-0.3, -0.25) is 15.8 Å². The van der Waals surface area contributed by atoms with E-state index in [-0.39, 0.29) is 0 Å². The molecular weight excluding hydrogens is 350 g/mol. The first kappa shape index (κ1) is 19.2. The summed E-state index contributed by atoms with van der Waals surface area (Å²) < 4.78 is 5.47. The van der Waals surface area contributed by atoms with Gasteiger partial charge < -0.3 is 9.84 Å². The minimum absolute atomic E-state index is 0.319. The van der Waals surface area contributed by atoms with Crippen molar-refractivity contribution >= 4 is 0 Å². The van der Waals surface area contributed by atoms with Crippen molar-refractivity contribution in [3.8, 4) is 11.5 Å². The number of aryl methyl sites for hydroxylation is 1. The fourth-order valence-electron chi connectivity index (χ4n) is 4.84. The van der Waals surface area contributed by atoms with Gasteiger partial charge in [0.2, 0.25) is 0 Å². The van der Waals surface area contributed by atoms with Crippen molar-refractivity contribution in [1.82, 2.24) is 15.8 Å². The zero-order valence-corrected chi connectivity index (χ0v) is 16.8. The summed E-state index contributed by atoms with van der Waals surface area (Å²) in [5.74, 6) is 2.15. The summed E-state index contributed by atoms with van der Waals surface area (Å²) in [5.41, 5.74) is 10.6. The van der Waals surface area contributed by atoms with Crippen molar-refractivity contribution in [3.63, 3.8) is 0 Å². The normalized spacial score (nSPS) is 25.7. The predicted molar refractivity (Wildman–Crippen MR) is 112 cm³/mol. The number of aromatic hydroxyl groups is 1. The van der Waals surface area contributed by atoms with E-state index < -0.39 is 0 Å². The lowest BCUT2D eigenvalue weighted by molar-refractivity contribution is 0.137. The molecule has 3 unspecified atom stereocenters. The van der Waals surface area contributed by atoms with Crippen LogP contribution in [0.25, 0.3) is 0 Å². The molecule has 0 saturated carbocycles. The summed E-state index contributed by atoms with van der Waals surface area (Å²) >= 11 is 0. The lowest BCUT2D eigenvalue weighted by atomic mass is 9.81. The number of piperidine rings is 1. The third-order valence-corrected chi connectivity index (χ3v) is 6.25. The number of likely N-dealkylation sites (tertiary alicyclic amines) is 1. The van der Waals surface area contributed by atoms with Crippen LogP contribution in [0.3, 0.4) is 0 Å². The van der Waals surface area contributed by atoms with Gasteiger partial charge in [0.05, 0.1) is 7.11 Å². The van der Waals surface area contributed by atoms with E-state index in [0.717, 1.165) is 37.5 Å². The molecule has 0 aromatic heterocycles. The molecule has 2 aliphatic rings. The average Bonchev–Trinajstić information content (AvgIpc) is 3.20. The van der Waals surface area contributed by atoms with Gasteiger partial charge in [0.25, 0.3) is 0 Å². The molecular formula is C23H31N3O2. The predicted octanol–water partition coefficient (Wildman–Crippen LogP) is 3.18. The van der Waals surface area contributed by atoms with Gasteiger partial charge in [-0.15, -0.1) is 0 Å². The van der Waals surface area contributed by atoms with Crippen LogP contribution in [0.2, 0.25) is 0 Å². The molecule has 2 saturated heterocycles. The molecule has 5 nitrogen and oxygen atoms in total. The Morgan fingerprint density at radius 2 is 2.07 bits per heavy atom. The molecule has 2 aliphatic heterocycles. The Hall–Kier alpha value is -2.08. The number of hydrogen-bond donors (Lipinski definition) is 3. The summed E-state index contributed by atoms with van der Waals surface area (Å²) in [6.07, 6.45) is 2.41. The van der Waals surface area contributed by atoms with Crippen molar-refractivity contribution < 1.29 is 9.84 Å². The van der Waals surface area contributed by atoms with E-state index in [1.165, 1.54) is 24.0 Å². The summed E-state index contributed by atoms with van der Waals surface area (Å²) in [4.78, 5) is 2.46. The summed E-state index contributed by atoms with van der Waals surface area (Å²) in [6.45, 7) is 5.94. The van der Waals surface area contributed by atoms with Gasteiger partial charge >= 0.3 is 0 Å².